The molecule has 0 spiro atoms. The van der Waals surface area contributed by atoms with Crippen molar-refractivity contribution in [1.29, 1.82) is 0 Å². The third kappa shape index (κ3) is 2.44. The Morgan fingerprint density at radius 1 is 1.14 bits per heavy atom. The highest BCUT2D eigenvalue weighted by Crippen LogP contribution is 2.24. The van der Waals surface area contributed by atoms with Gasteiger partial charge in [0, 0.05) is 23.6 Å². The van der Waals surface area contributed by atoms with Crippen LogP contribution in [0, 0.1) is 6.92 Å². The molecule has 0 radical (unpaired) electrons. The second kappa shape index (κ2) is 5.56. The molecule has 1 amide bonds. The number of methoxy groups -OCH3 is 1. The number of aryl methyl sites for hydroxylation is 2. The van der Waals surface area contributed by atoms with Crippen molar-refractivity contribution in [2.45, 2.75) is 6.92 Å². The molecule has 0 aliphatic carbocycles. The molecule has 1 N–H and O–H groups in total. The van der Waals surface area contributed by atoms with Crippen molar-refractivity contribution in [3.05, 3.63) is 59.8 Å². The van der Waals surface area contributed by atoms with Crippen molar-refractivity contribution in [2.75, 3.05) is 12.4 Å². The SMILES string of the molecule is COc1ccc2c(c1)cc(C(=O)Nc1ccccc1C)n2C. The van der Waals surface area contributed by atoms with Crippen LogP contribution in [-0.2, 0) is 7.05 Å². The Balaban J connectivity index is 1.97. The van der Waals surface area contributed by atoms with Crippen LogP contribution in [0.15, 0.2) is 48.5 Å². The number of ether oxygens (including phenoxy) is 1. The first kappa shape index (κ1) is 14.2. The van der Waals surface area contributed by atoms with E-state index in [1.54, 1.807) is 7.11 Å². The maximum Gasteiger partial charge on any atom is 0.272 e. The first-order valence-corrected chi connectivity index (χ1v) is 7.10. The van der Waals surface area contributed by atoms with Gasteiger partial charge in [-0.25, -0.2) is 0 Å². The number of rotatable bonds is 3. The highest BCUT2D eigenvalue weighted by Gasteiger charge is 2.14. The number of hydrogen-bond donors (Lipinski definition) is 1. The summed E-state index contributed by atoms with van der Waals surface area (Å²) in [5.74, 6) is 0.663. The van der Waals surface area contributed by atoms with Crippen LogP contribution in [-0.4, -0.2) is 17.6 Å². The van der Waals surface area contributed by atoms with Gasteiger partial charge in [0.2, 0.25) is 0 Å². The summed E-state index contributed by atoms with van der Waals surface area (Å²) < 4.78 is 7.12. The van der Waals surface area contributed by atoms with Gasteiger partial charge in [-0.05, 0) is 42.8 Å². The fourth-order valence-corrected chi connectivity index (χ4v) is 2.57. The van der Waals surface area contributed by atoms with Crippen LogP contribution >= 0.6 is 0 Å². The summed E-state index contributed by atoms with van der Waals surface area (Å²) in [6, 6.07) is 15.4. The van der Waals surface area contributed by atoms with Crippen LogP contribution in [0.2, 0.25) is 0 Å². The van der Waals surface area contributed by atoms with Crippen LogP contribution in [0.1, 0.15) is 16.1 Å². The zero-order valence-electron chi connectivity index (χ0n) is 12.9. The molecule has 4 heteroatoms. The third-order valence-corrected chi connectivity index (χ3v) is 3.88. The first-order valence-electron chi connectivity index (χ1n) is 7.10. The Kier molecular flexibility index (Phi) is 3.59. The fourth-order valence-electron chi connectivity index (χ4n) is 2.57. The molecule has 3 rings (SSSR count). The summed E-state index contributed by atoms with van der Waals surface area (Å²) in [5.41, 5.74) is 3.48. The van der Waals surface area contributed by atoms with Gasteiger partial charge < -0.3 is 14.6 Å². The molecule has 4 nitrogen and oxygen atoms in total. The minimum atomic E-state index is -0.119. The highest BCUT2D eigenvalue weighted by atomic mass is 16.5. The molecular weight excluding hydrogens is 276 g/mol. The molecule has 0 aliphatic heterocycles. The Bertz CT molecular complexity index is 849. The molecule has 1 heterocycles. The van der Waals surface area contributed by atoms with E-state index < -0.39 is 0 Å². The number of benzene rings is 2. The van der Waals surface area contributed by atoms with Crippen LogP contribution < -0.4 is 10.1 Å². The van der Waals surface area contributed by atoms with Crippen LogP contribution in [0.25, 0.3) is 10.9 Å². The van der Waals surface area contributed by atoms with Gasteiger partial charge in [0.15, 0.2) is 0 Å². The number of anilines is 1. The van der Waals surface area contributed by atoms with Crippen LogP contribution in [0.3, 0.4) is 0 Å². The van der Waals surface area contributed by atoms with Gasteiger partial charge in [-0.3, -0.25) is 4.79 Å². The predicted octanol–water partition coefficient (Wildman–Crippen LogP) is 3.75. The Morgan fingerprint density at radius 2 is 1.91 bits per heavy atom. The first-order chi connectivity index (χ1) is 10.6. The van der Waals surface area contributed by atoms with E-state index in [0.29, 0.717) is 5.69 Å². The van der Waals surface area contributed by atoms with Gasteiger partial charge in [0.25, 0.3) is 5.91 Å². The van der Waals surface area contributed by atoms with Crippen molar-refractivity contribution in [3.63, 3.8) is 0 Å². The third-order valence-electron chi connectivity index (χ3n) is 3.88. The predicted molar refractivity (Wildman–Crippen MR) is 88.6 cm³/mol. The molecule has 0 unspecified atom stereocenters. The smallest absolute Gasteiger partial charge is 0.272 e. The number of carbonyl (C=O) groups is 1. The van der Waals surface area contributed by atoms with Gasteiger partial charge in [0.05, 0.1) is 7.11 Å². The molecule has 0 atom stereocenters. The Labute approximate surface area is 129 Å². The fraction of sp³-hybridized carbons (Fsp3) is 0.167. The molecule has 0 aliphatic rings. The maximum absolute atomic E-state index is 12.5. The minimum absolute atomic E-state index is 0.119. The molecule has 3 aromatic rings. The number of fused-ring (bicyclic) bond motifs is 1. The second-order valence-electron chi connectivity index (χ2n) is 5.28. The largest absolute Gasteiger partial charge is 0.497 e. The van der Waals surface area contributed by atoms with E-state index >= 15 is 0 Å². The standard InChI is InChI=1S/C18H18N2O2/c1-12-6-4-5-7-15(12)19-18(21)17-11-13-10-14(22-3)8-9-16(13)20(17)2/h4-11H,1-3H3,(H,19,21). The summed E-state index contributed by atoms with van der Waals surface area (Å²) in [4.78, 5) is 12.5. The van der Waals surface area contributed by atoms with Gasteiger partial charge in [0.1, 0.15) is 11.4 Å². The molecular formula is C18H18N2O2. The molecule has 0 saturated carbocycles. The number of nitrogens with zero attached hydrogens (tertiary/aromatic N) is 1. The summed E-state index contributed by atoms with van der Waals surface area (Å²) in [5, 5.41) is 3.95. The monoisotopic (exact) mass is 294 g/mol. The van der Waals surface area contributed by atoms with E-state index in [9.17, 15) is 4.79 Å². The Hall–Kier alpha value is -2.75. The lowest BCUT2D eigenvalue weighted by Crippen LogP contribution is -2.16. The lowest BCUT2D eigenvalue weighted by atomic mass is 10.2. The topological polar surface area (TPSA) is 43.3 Å². The van der Waals surface area contributed by atoms with Gasteiger partial charge >= 0.3 is 0 Å². The molecule has 1 aromatic heterocycles. The number of amides is 1. The van der Waals surface area contributed by atoms with E-state index in [0.717, 1.165) is 27.9 Å². The average molecular weight is 294 g/mol. The van der Waals surface area contributed by atoms with Gasteiger partial charge in [-0.2, -0.15) is 0 Å². The maximum atomic E-state index is 12.5. The van der Waals surface area contributed by atoms with E-state index in [4.69, 9.17) is 4.74 Å². The van der Waals surface area contributed by atoms with Gasteiger partial charge in [-0.15, -0.1) is 0 Å². The molecule has 112 valence electrons. The average Bonchev–Trinajstić information content (AvgIpc) is 2.86. The lowest BCUT2D eigenvalue weighted by molar-refractivity contribution is 0.101. The highest BCUT2D eigenvalue weighted by molar-refractivity contribution is 6.06. The minimum Gasteiger partial charge on any atom is -0.497 e. The number of aromatic nitrogens is 1. The van der Waals surface area contributed by atoms with Crippen LogP contribution in [0.5, 0.6) is 5.75 Å². The quantitative estimate of drug-likeness (QED) is 0.799. The molecule has 22 heavy (non-hydrogen) atoms. The normalized spacial score (nSPS) is 10.7. The van der Waals surface area contributed by atoms with Crippen molar-refractivity contribution in [2.24, 2.45) is 7.05 Å². The van der Waals surface area contributed by atoms with Crippen molar-refractivity contribution < 1.29 is 9.53 Å². The van der Waals surface area contributed by atoms with E-state index in [-0.39, 0.29) is 5.91 Å². The van der Waals surface area contributed by atoms with E-state index in [1.807, 2.05) is 67.1 Å². The van der Waals surface area contributed by atoms with Crippen LogP contribution in [0.4, 0.5) is 5.69 Å². The number of hydrogen-bond acceptors (Lipinski definition) is 2. The number of nitrogens with one attached hydrogen (secondary N) is 1. The molecule has 0 bridgehead atoms. The second-order valence-corrected chi connectivity index (χ2v) is 5.28. The molecule has 0 saturated heterocycles. The summed E-state index contributed by atoms with van der Waals surface area (Å²) in [6.07, 6.45) is 0. The van der Waals surface area contributed by atoms with E-state index in [2.05, 4.69) is 5.32 Å². The summed E-state index contributed by atoms with van der Waals surface area (Å²) >= 11 is 0. The van der Waals surface area contributed by atoms with E-state index in [1.165, 1.54) is 0 Å². The van der Waals surface area contributed by atoms with Crippen molar-refractivity contribution in [3.8, 4) is 5.75 Å². The van der Waals surface area contributed by atoms with Crippen molar-refractivity contribution in [1.82, 2.24) is 4.57 Å². The van der Waals surface area contributed by atoms with Crippen molar-refractivity contribution >= 4 is 22.5 Å². The molecule has 0 fully saturated rings. The summed E-state index contributed by atoms with van der Waals surface area (Å²) in [7, 11) is 3.53. The number of para-hydroxylation sites is 1. The lowest BCUT2D eigenvalue weighted by Gasteiger charge is -2.08. The zero-order chi connectivity index (χ0) is 15.7. The zero-order valence-corrected chi connectivity index (χ0v) is 12.9. The van der Waals surface area contributed by atoms with Gasteiger partial charge in [-0.1, -0.05) is 18.2 Å². The Morgan fingerprint density at radius 3 is 2.64 bits per heavy atom. The summed E-state index contributed by atoms with van der Waals surface area (Å²) in [6.45, 7) is 1.97. The molecule has 2 aromatic carbocycles. The number of carbonyl (C=O) groups excluding carboxylic acids is 1.